The van der Waals surface area contributed by atoms with E-state index in [2.05, 4.69) is 15.2 Å². The van der Waals surface area contributed by atoms with Gasteiger partial charge in [0.15, 0.2) is 11.5 Å². The normalized spacial score (nSPS) is 11.6. The van der Waals surface area contributed by atoms with E-state index in [9.17, 15) is 4.79 Å². The number of aromatic nitrogens is 6. The summed E-state index contributed by atoms with van der Waals surface area (Å²) in [6.45, 7) is 6.41. The molecule has 4 aromatic heterocycles. The molecule has 146 valence electrons. The maximum Gasteiger partial charge on any atom is 0.263 e. The second kappa shape index (κ2) is 6.82. The first kappa shape index (κ1) is 18.8. The molecule has 8 nitrogen and oxygen atoms in total. The molecule has 0 N–H and O–H groups in total. The first-order chi connectivity index (χ1) is 13.3. The van der Waals surface area contributed by atoms with Crippen molar-refractivity contribution in [2.24, 2.45) is 0 Å². The molecule has 10 heteroatoms. The minimum atomic E-state index is -0.0280. The molecule has 1 amide bonds. The molecule has 0 saturated carbocycles. The lowest BCUT2D eigenvalue weighted by molar-refractivity contribution is 0.0831. The number of carbonyl (C=O) groups excluding carboxylic acids is 1. The highest BCUT2D eigenvalue weighted by Crippen LogP contribution is 2.32. The molecule has 4 heterocycles. The van der Waals surface area contributed by atoms with Gasteiger partial charge in [-0.2, -0.15) is 5.10 Å². The number of aryl methyl sites for hydroxylation is 4. The predicted octanol–water partition coefficient (Wildman–Crippen LogP) is 3.06. The van der Waals surface area contributed by atoms with Crippen molar-refractivity contribution in [3.05, 3.63) is 39.0 Å². The second-order valence-electron chi connectivity index (χ2n) is 6.93. The number of thiophene rings is 1. The molecule has 0 fully saturated rings. The summed E-state index contributed by atoms with van der Waals surface area (Å²) in [4.78, 5) is 24.7. The Kier molecular flexibility index (Phi) is 4.59. The van der Waals surface area contributed by atoms with Crippen molar-refractivity contribution in [3.63, 3.8) is 0 Å². The highest BCUT2D eigenvalue weighted by atomic mass is 35.5. The fraction of sp³-hybridized carbons (Fsp3) is 0.389. The van der Waals surface area contributed by atoms with Crippen molar-refractivity contribution < 1.29 is 4.79 Å². The molecular formula is C18H20ClN7OS. The SMILES string of the molecule is Cc1nn(CCc2nc3c4c(C)c(C(=O)N(C)C)sc4ncn3n2)c(C)c1Cl. The summed E-state index contributed by atoms with van der Waals surface area (Å²) in [5.74, 6) is 0.670. The van der Waals surface area contributed by atoms with Gasteiger partial charge in [-0.3, -0.25) is 9.48 Å². The van der Waals surface area contributed by atoms with Gasteiger partial charge < -0.3 is 4.90 Å². The zero-order valence-electron chi connectivity index (χ0n) is 16.3. The largest absolute Gasteiger partial charge is 0.344 e. The third-order valence-electron chi connectivity index (χ3n) is 4.75. The van der Waals surface area contributed by atoms with Crippen molar-refractivity contribution in [1.29, 1.82) is 0 Å². The Morgan fingerprint density at radius 3 is 2.64 bits per heavy atom. The van der Waals surface area contributed by atoms with Gasteiger partial charge in [-0.25, -0.2) is 14.5 Å². The highest BCUT2D eigenvalue weighted by molar-refractivity contribution is 7.20. The van der Waals surface area contributed by atoms with Crippen LogP contribution in [-0.4, -0.2) is 54.3 Å². The Morgan fingerprint density at radius 1 is 1.25 bits per heavy atom. The van der Waals surface area contributed by atoms with Gasteiger partial charge in [0.2, 0.25) is 0 Å². The summed E-state index contributed by atoms with van der Waals surface area (Å²) in [6.07, 6.45) is 2.27. The monoisotopic (exact) mass is 417 g/mol. The van der Waals surface area contributed by atoms with Gasteiger partial charge in [0.05, 0.1) is 26.7 Å². The van der Waals surface area contributed by atoms with E-state index >= 15 is 0 Å². The Labute approximate surface area is 170 Å². The van der Waals surface area contributed by atoms with Crippen LogP contribution in [0, 0.1) is 20.8 Å². The van der Waals surface area contributed by atoms with E-state index in [1.165, 1.54) is 11.3 Å². The number of hydrogen-bond donors (Lipinski definition) is 0. The van der Waals surface area contributed by atoms with Crippen LogP contribution in [0.25, 0.3) is 15.9 Å². The van der Waals surface area contributed by atoms with Gasteiger partial charge in [0, 0.05) is 27.1 Å². The molecule has 0 aromatic carbocycles. The zero-order chi connectivity index (χ0) is 20.2. The van der Waals surface area contributed by atoms with Gasteiger partial charge in [-0.1, -0.05) is 11.6 Å². The fourth-order valence-electron chi connectivity index (χ4n) is 3.19. The highest BCUT2D eigenvalue weighted by Gasteiger charge is 2.21. The number of hydrogen-bond acceptors (Lipinski definition) is 6. The van der Waals surface area contributed by atoms with Crippen molar-refractivity contribution in [3.8, 4) is 0 Å². The average molecular weight is 418 g/mol. The molecule has 0 atom stereocenters. The fourth-order valence-corrected chi connectivity index (χ4v) is 4.49. The molecule has 0 unspecified atom stereocenters. The van der Waals surface area contributed by atoms with Crippen molar-refractivity contribution >= 4 is 44.7 Å². The van der Waals surface area contributed by atoms with Crippen LogP contribution in [0.5, 0.6) is 0 Å². The summed E-state index contributed by atoms with van der Waals surface area (Å²) in [5, 5.41) is 10.6. The topological polar surface area (TPSA) is 81.2 Å². The van der Waals surface area contributed by atoms with E-state index in [-0.39, 0.29) is 5.91 Å². The Balaban J connectivity index is 1.71. The van der Waals surface area contributed by atoms with Gasteiger partial charge >= 0.3 is 0 Å². The van der Waals surface area contributed by atoms with E-state index in [0.717, 1.165) is 32.8 Å². The lowest BCUT2D eigenvalue weighted by Gasteiger charge is -2.08. The third-order valence-corrected chi connectivity index (χ3v) is 6.49. The summed E-state index contributed by atoms with van der Waals surface area (Å²) in [6, 6.07) is 0. The number of carbonyl (C=O) groups is 1. The quantitative estimate of drug-likeness (QED) is 0.509. The Bertz CT molecular complexity index is 1220. The van der Waals surface area contributed by atoms with Crippen LogP contribution >= 0.6 is 22.9 Å². The van der Waals surface area contributed by atoms with Crippen LogP contribution in [-0.2, 0) is 13.0 Å². The van der Waals surface area contributed by atoms with Crippen molar-refractivity contribution in [2.45, 2.75) is 33.7 Å². The number of halogens is 1. The summed E-state index contributed by atoms with van der Waals surface area (Å²) in [7, 11) is 3.49. The number of amides is 1. The molecule has 0 spiro atoms. The maximum atomic E-state index is 12.4. The standard InChI is InChI=1S/C18H20ClN7OS/c1-9-13-16-21-12(6-7-25-11(3)14(19)10(2)22-25)23-26(16)8-20-17(13)28-15(9)18(27)24(4)5/h8H,6-7H2,1-5H3. The lowest BCUT2D eigenvalue weighted by Crippen LogP contribution is -2.21. The molecule has 0 radical (unpaired) electrons. The summed E-state index contributed by atoms with van der Waals surface area (Å²) < 4.78 is 3.55. The van der Waals surface area contributed by atoms with Crippen molar-refractivity contribution in [2.75, 3.05) is 14.1 Å². The van der Waals surface area contributed by atoms with Crippen LogP contribution in [0.2, 0.25) is 5.02 Å². The van der Waals surface area contributed by atoms with Gasteiger partial charge in [-0.05, 0) is 26.3 Å². The zero-order valence-corrected chi connectivity index (χ0v) is 17.9. The van der Waals surface area contributed by atoms with Gasteiger partial charge in [-0.15, -0.1) is 16.4 Å². The number of fused-ring (bicyclic) bond motifs is 3. The average Bonchev–Trinajstić information content (AvgIpc) is 3.29. The van der Waals surface area contributed by atoms with E-state index in [4.69, 9.17) is 16.6 Å². The molecule has 28 heavy (non-hydrogen) atoms. The van der Waals surface area contributed by atoms with E-state index < -0.39 is 0 Å². The summed E-state index contributed by atoms with van der Waals surface area (Å²) in [5.41, 5.74) is 3.37. The van der Waals surface area contributed by atoms with Gasteiger partial charge in [0.1, 0.15) is 11.2 Å². The van der Waals surface area contributed by atoms with E-state index in [1.807, 2.05) is 25.5 Å². The molecule has 0 saturated heterocycles. The van der Waals surface area contributed by atoms with Crippen LogP contribution in [0.1, 0.15) is 32.4 Å². The molecular weight excluding hydrogens is 398 g/mol. The van der Waals surface area contributed by atoms with Crippen LogP contribution < -0.4 is 0 Å². The smallest absolute Gasteiger partial charge is 0.263 e. The van der Waals surface area contributed by atoms with E-state index in [1.54, 1.807) is 29.8 Å². The second-order valence-corrected chi connectivity index (χ2v) is 8.31. The Hall–Kier alpha value is -2.52. The number of nitrogens with zero attached hydrogens (tertiary/aromatic N) is 7. The molecule has 4 rings (SSSR count). The first-order valence-corrected chi connectivity index (χ1v) is 10.0. The lowest BCUT2D eigenvalue weighted by atomic mass is 10.2. The summed E-state index contributed by atoms with van der Waals surface area (Å²) >= 11 is 7.61. The maximum absolute atomic E-state index is 12.4. The minimum absolute atomic E-state index is 0.0280. The predicted molar refractivity (Wildman–Crippen MR) is 109 cm³/mol. The van der Waals surface area contributed by atoms with Crippen LogP contribution in [0.15, 0.2) is 6.33 Å². The molecule has 0 aliphatic rings. The molecule has 0 aliphatic heterocycles. The number of rotatable bonds is 4. The van der Waals surface area contributed by atoms with E-state index in [0.29, 0.717) is 28.7 Å². The molecule has 0 bridgehead atoms. The van der Waals surface area contributed by atoms with Crippen molar-refractivity contribution in [1.82, 2.24) is 34.3 Å². The van der Waals surface area contributed by atoms with Crippen LogP contribution in [0.3, 0.4) is 0 Å². The van der Waals surface area contributed by atoms with Gasteiger partial charge in [0.25, 0.3) is 5.91 Å². The minimum Gasteiger partial charge on any atom is -0.344 e. The third kappa shape index (κ3) is 2.94. The molecule has 0 aliphatic carbocycles. The Morgan fingerprint density at radius 2 is 2.00 bits per heavy atom. The van der Waals surface area contributed by atoms with Crippen LogP contribution in [0.4, 0.5) is 0 Å². The molecule has 4 aromatic rings. The first-order valence-electron chi connectivity index (χ1n) is 8.82.